The first-order valence-electron chi connectivity index (χ1n) is 3.07. The maximum atomic E-state index is 8.86. The summed E-state index contributed by atoms with van der Waals surface area (Å²) in [6, 6.07) is 0. The second kappa shape index (κ2) is 4.27. The van der Waals surface area contributed by atoms with Crippen LogP contribution in [0.5, 0.6) is 0 Å². The molecule has 1 heterocycles. The number of aliphatic hydroxyl groups is 2. The third-order valence-electron chi connectivity index (χ3n) is 1.34. The topological polar surface area (TPSA) is 40.5 Å². The Kier molecular flexibility index (Phi) is 3.95. The minimum absolute atomic E-state index is 0.224. The van der Waals surface area contributed by atoms with Crippen molar-refractivity contribution in [2.24, 2.45) is 0 Å². The van der Waals surface area contributed by atoms with E-state index in [1.165, 1.54) is 0 Å². The van der Waals surface area contributed by atoms with E-state index in [-0.39, 0.29) is 13.2 Å². The van der Waals surface area contributed by atoms with Gasteiger partial charge in [0.25, 0.3) is 0 Å². The van der Waals surface area contributed by atoms with Crippen LogP contribution in [0.4, 0.5) is 0 Å². The van der Waals surface area contributed by atoms with Gasteiger partial charge in [0, 0.05) is 0 Å². The van der Waals surface area contributed by atoms with Gasteiger partial charge < -0.3 is 0 Å². The van der Waals surface area contributed by atoms with Gasteiger partial charge in [-0.3, -0.25) is 0 Å². The number of rotatable bonds is 2. The summed E-state index contributed by atoms with van der Waals surface area (Å²) in [7, 11) is 3.79. The Hall–Kier alpha value is 1.18. The van der Waals surface area contributed by atoms with Crippen molar-refractivity contribution in [3.63, 3.8) is 0 Å². The molecule has 2 N–H and O–H groups in total. The van der Waals surface area contributed by atoms with E-state index in [0.29, 0.717) is 10.5 Å². The predicted octanol–water partition coefficient (Wildman–Crippen LogP) is 0.306. The first-order chi connectivity index (χ1) is 4.77. The van der Waals surface area contributed by atoms with Crippen LogP contribution in [0.25, 0.3) is 0 Å². The van der Waals surface area contributed by atoms with Gasteiger partial charge >= 0.3 is 72.0 Å². The fourth-order valence-electron chi connectivity index (χ4n) is 0.844. The van der Waals surface area contributed by atoms with Gasteiger partial charge in [0.05, 0.1) is 0 Å². The summed E-state index contributed by atoms with van der Waals surface area (Å²) in [5, 5.41) is 18.3. The molecular weight excluding hydrogens is 231 g/mol. The van der Waals surface area contributed by atoms with Crippen LogP contribution >= 0.6 is 20.0 Å². The fourth-order valence-corrected chi connectivity index (χ4v) is 15.7. The molecule has 0 amide bonds. The Morgan fingerprint density at radius 2 is 1.60 bits per heavy atom. The Morgan fingerprint density at radius 3 is 1.90 bits per heavy atom. The van der Waals surface area contributed by atoms with Crippen LogP contribution in [0, 0.1) is 0 Å². The summed E-state index contributed by atoms with van der Waals surface area (Å²) in [6.45, 7) is 0.448. The van der Waals surface area contributed by atoms with Gasteiger partial charge in [-0.1, -0.05) is 0 Å². The molecule has 2 atom stereocenters. The second-order valence-corrected chi connectivity index (χ2v) is 15.1. The Bertz CT molecular complexity index is 102. The molecule has 1 aliphatic heterocycles. The fraction of sp³-hybridized carbons (Fsp3) is 1.00. The molecule has 5 heteroatoms. The SMILES string of the molecule is C[As]1SC(CO)C(CO)S1. The van der Waals surface area contributed by atoms with Crippen LogP contribution in [-0.2, 0) is 0 Å². The molecule has 1 rings (SSSR count). The van der Waals surface area contributed by atoms with Crippen molar-refractivity contribution in [2.45, 2.75) is 16.2 Å². The summed E-state index contributed by atoms with van der Waals surface area (Å²) in [4.78, 5) is 0. The van der Waals surface area contributed by atoms with Crippen molar-refractivity contribution in [1.82, 2.24) is 0 Å². The first-order valence-corrected chi connectivity index (χ1v) is 11.2. The van der Waals surface area contributed by atoms with Crippen molar-refractivity contribution in [2.75, 3.05) is 13.2 Å². The van der Waals surface area contributed by atoms with Crippen LogP contribution in [0.1, 0.15) is 0 Å². The summed E-state index contributed by atoms with van der Waals surface area (Å²) in [5.74, 6) is 0. The van der Waals surface area contributed by atoms with Gasteiger partial charge in [0.1, 0.15) is 0 Å². The third-order valence-corrected chi connectivity index (χ3v) is 13.4. The molecule has 0 aromatic rings. The van der Waals surface area contributed by atoms with E-state index in [2.05, 4.69) is 5.71 Å². The van der Waals surface area contributed by atoms with Gasteiger partial charge in [-0.2, -0.15) is 0 Å². The van der Waals surface area contributed by atoms with Gasteiger partial charge in [0.15, 0.2) is 0 Å². The number of hydrogen-bond acceptors (Lipinski definition) is 4. The zero-order valence-electron chi connectivity index (χ0n) is 5.73. The average Bonchev–Trinajstić information content (AvgIpc) is 2.30. The molecule has 0 radical (unpaired) electrons. The van der Waals surface area contributed by atoms with E-state index in [1.807, 2.05) is 20.0 Å². The normalized spacial score (nSPS) is 40.5. The third kappa shape index (κ3) is 2.08. The van der Waals surface area contributed by atoms with Crippen molar-refractivity contribution >= 4 is 32.4 Å². The number of hydrogen-bond donors (Lipinski definition) is 2. The molecule has 1 fully saturated rings. The van der Waals surface area contributed by atoms with Crippen LogP contribution < -0.4 is 0 Å². The summed E-state index contributed by atoms with van der Waals surface area (Å²) >= 11 is -0.748. The van der Waals surface area contributed by atoms with Gasteiger partial charge in [-0.15, -0.1) is 0 Å². The zero-order chi connectivity index (χ0) is 7.56. The molecule has 0 aromatic carbocycles. The molecule has 1 saturated heterocycles. The van der Waals surface area contributed by atoms with Crippen molar-refractivity contribution in [3.05, 3.63) is 0 Å². The molecule has 2 unspecified atom stereocenters. The van der Waals surface area contributed by atoms with Crippen molar-refractivity contribution in [1.29, 1.82) is 0 Å². The zero-order valence-corrected chi connectivity index (χ0v) is 9.24. The minimum atomic E-state index is -0.748. The van der Waals surface area contributed by atoms with E-state index >= 15 is 0 Å². The Balaban J connectivity index is 2.41. The molecule has 0 saturated carbocycles. The maximum absolute atomic E-state index is 8.86. The van der Waals surface area contributed by atoms with E-state index < -0.39 is 12.3 Å². The summed E-state index contributed by atoms with van der Waals surface area (Å²) < 4.78 is 0. The predicted molar refractivity (Wildman–Crippen MR) is 48.5 cm³/mol. The molecule has 10 heavy (non-hydrogen) atoms. The van der Waals surface area contributed by atoms with Crippen LogP contribution in [-0.4, -0.2) is 46.3 Å². The number of aliphatic hydroxyl groups excluding tert-OH is 2. The van der Waals surface area contributed by atoms with Crippen LogP contribution in [0.15, 0.2) is 0 Å². The van der Waals surface area contributed by atoms with Crippen molar-refractivity contribution < 1.29 is 10.2 Å². The summed E-state index contributed by atoms with van der Waals surface area (Å²) in [5.41, 5.74) is 2.25. The van der Waals surface area contributed by atoms with Gasteiger partial charge in [-0.25, -0.2) is 0 Å². The van der Waals surface area contributed by atoms with E-state index in [9.17, 15) is 0 Å². The Morgan fingerprint density at radius 1 is 1.20 bits per heavy atom. The monoisotopic (exact) mass is 242 g/mol. The molecule has 0 aliphatic carbocycles. The Labute approximate surface area is 72.0 Å². The summed E-state index contributed by atoms with van der Waals surface area (Å²) in [6.07, 6.45) is 0. The molecule has 0 aromatic heterocycles. The quantitative estimate of drug-likeness (QED) is 0.684. The molecule has 1 aliphatic rings. The van der Waals surface area contributed by atoms with Crippen LogP contribution in [0.3, 0.4) is 0 Å². The van der Waals surface area contributed by atoms with E-state index in [4.69, 9.17) is 10.2 Å². The van der Waals surface area contributed by atoms with Gasteiger partial charge in [0.2, 0.25) is 0 Å². The molecular formula is C5H11AsO2S2. The van der Waals surface area contributed by atoms with Gasteiger partial charge in [-0.05, 0) is 0 Å². The molecule has 0 spiro atoms. The molecule has 0 bridgehead atoms. The molecule has 2 nitrogen and oxygen atoms in total. The first kappa shape index (κ1) is 9.27. The van der Waals surface area contributed by atoms with E-state index in [0.717, 1.165) is 0 Å². The molecule has 60 valence electrons. The average molecular weight is 242 g/mol. The van der Waals surface area contributed by atoms with Crippen molar-refractivity contribution in [3.8, 4) is 0 Å². The van der Waals surface area contributed by atoms with E-state index in [1.54, 1.807) is 0 Å². The van der Waals surface area contributed by atoms with Crippen LogP contribution in [0.2, 0.25) is 5.71 Å². The standard InChI is InChI=1S/C5H11AsO2S2/c1-6-9-4(2-7)5(3-8)10-6/h4-5,7-8H,2-3H2,1H3. The second-order valence-electron chi connectivity index (χ2n) is 2.09.